The number of aryl methyl sites for hydroxylation is 1. The molecule has 1 aliphatic rings. The molecule has 1 aromatic heterocycles. The van der Waals surface area contributed by atoms with E-state index in [1.54, 1.807) is 14.0 Å². The number of aromatic nitrogens is 2. The monoisotopic (exact) mass is 530 g/mol. The zero-order chi connectivity index (χ0) is 19.9. The van der Waals surface area contributed by atoms with Gasteiger partial charge in [0, 0.05) is 46.2 Å². The van der Waals surface area contributed by atoms with Gasteiger partial charge in [-0.2, -0.15) is 9.29 Å². The number of ether oxygens (including phenoxy) is 1. The van der Waals surface area contributed by atoms with Crippen LogP contribution in [0.1, 0.15) is 25.6 Å². The molecular formula is C16H31IN6O4S. The van der Waals surface area contributed by atoms with E-state index in [0.29, 0.717) is 50.9 Å². The largest absolute Gasteiger partial charge is 0.378 e. The molecule has 1 aromatic rings. The van der Waals surface area contributed by atoms with E-state index in [4.69, 9.17) is 9.26 Å². The minimum atomic E-state index is -3.29. The Morgan fingerprint density at radius 2 is 2.00 bits per heavy atom. The summed E-state index contributed by atoms with van der Waals surface area (Å²) in [5.74, 6) is 1.95. The first-order chi connectivity index (χ1) is 12.8. The Kier molecular flexibility index (Phi) is 10.6. The second kappa shape index (κ2) is 11.9. The lowest BCUT2D eigenvalue weighted by molar-refractivity contribution is 0.0904. The first kappa shape index (κ1) is 25.0. The number of nitrogens with zero attached hydrogens (tertiary/aromatic N) is 5. The second-order valence-electron chi connectivity index (χ2n) is 6.58. The molecule has 1 fully saturated rings. The summed E-state index contributed by atoms with van der Waals surface area (Å²) in [5.41, 5.74) is 0. The Balaban J connectivity index is 0.00000392. The van der Waals surface area contributed by atoms with Crippen molar-refractivity contribution in [3.8, 4) is 0 Å². The third kappa shape index (κ3) is 7.79. The fourth-order valence-corrected chi connectivity index (χ4v) is 4.04. The number of halogens is 1. The molecule has 0 radical (unpaired) electrons. The van der Waals surface area contributed by atoms with Crippen molar-refractivity contribution in [1.29, 1.82) is 0 Å². The van der Waals surface area contributed by atoms with Gasteiger partial charge >= 0.3 is 0 Å². The van der Waals surface area contributed by atoms with Crippen molar-refractivity contribution in [1.82, 2.24) is 24.7 Å². The van der Waals surface area contributed by atoms with E-state index in [1.807, 2.05) is 13.8 Å². The highest BCUT2D eigenvalue weighted by molar-refractivity contribution is 14.0. The molecule has 1 N–H and O–H groups in total. The average molecular weight is 530 g/mol. The molecule has 0 atom stereocenters. The predicted octanol–water partition coefficient (Wildman–Crippen LogP) is 0.486. The van der Waals surface area contributed by atoms with Gasteiger partial charge in [-0.05, 0) is 20.8 Å². The summed E-state index contributed by atoms with van der Waals surface area (Å²) in [6, 6.07) is 0. The number of hydrogen-bond acceptors (Lipinski definition) is 7. The summed E-state index contributed by atoms with van der Waals surface area (Å²) in [7, 11) is -1.58. The van der Waals surface area contributed by atoms with Crippen LogP contribution in [0.5, 0.6) is 0 Å². The minimum absolute atomic E-state index is 0. The average Bonchev–Trinajstić information content (AvgIpc) is 3.03. The van der Waals surface area contributed by atoms with Gasteiger partial charge in [0.15, 0.2) is 11.8 Å². The van der Waals surface area contributed by atoms with Crippen LogP contribution in [0, 0.1) is 6.92 Å². The Morgan fingerprint density at radius 3 is 2.54 bits per heavy atom. The van der Waals surface area contributed by atoms with Crippen LogP contribution < -0.4 is 5.32 Å². The first-order valence-electron chi connectivity index (χ1n) is 9.16. The normalized spacial score (nSPS) is 16.3. The lowest BCUT2D eigenvalue weighted by Crippen LogP contribution is -2.54. The summed E-state index contributed by atoms with van der Waals surface area (Å²) in [5, 5.41) is 7.02. The molecule has 0 bridgehead atoms. The summed E-state index contributed by atoms with van der Waals surface area (Å²) >= 11 is 0. The number of sulfonamides is 1. The molecule has 0 aliphatic carbocycles. The van der Waals surface area contributed by atoms with Crippen LogP contribution in [0.3, 0.4) is 0 Å². The maximum absolute atomic E-state index is 12.4. The fraction of sp³-hybridized carbons (Fsp3) is 0.812. The molecule has 0 unspecified atom stereocenters. The van der Waals surface area contributed by atoms with Gasteiger partial charge in [-0.25, -0.2) is 8.42 Å². The number of hydrogen-bond donors (Lipinski definition) is 1. The molecule has 0 aromatic carbocycles. The standard InChI is InChI=1S/C16H30N6O4S.HI/c1-13(2)25-11-12-27(23,24)22-9-7-21(8-10-22)16(17-4)18-6-5-15-19-14(3)20-26-15;/h13H,5-12H2,1-4H3,(H,17,18);1H. The Bertz CT molecular complexity index is 716. The van der Waals surface area contributed by atoms with Crippen LogP contribution in [0.4, 0.5) is 0 Å². The number of aliphatic imine (C=N–C) groups is 1. The lowest BCUT2D eigenvalue weighted by Gasteiger charge is -2.35. The maximum Gasteiger partial charge on any atom is 0.228 e. The van der Waals surface area contributed by atoms with E-state index in [2.05, 4.69) is 25.3 Å². The molecule has 28 heavy (non-hydrogen) atoms. The summed E-state index contributed by atoms with van der Waals surface area (Å²) in [6.07, 6.45) is 0.631. The van der Waals surface area contributed by atoms with Crippen molar-refractivity contribution in [2.24, 2.45) is 4.99 Å². The zero-order valence-corrected chi connectivity index (χ0v) is 20.1. The predicted molar refractivity (Wildman–Crippen MR) is 118 cm³/mol. The van der Waals surface area contributed by atoms with E-state index in [0.717, 1.165) is 5.96 Å². The smallest absolute Gasteiger partial charge is 0.228 e. The van der Waals surface area contributed by atoms with Crippen LogP contribution >= 0.6 is 24.0 Å². The zero-order valence-electron chi connectivity index (χ0n) is 16.9. The number of guanidine groups is 1. The summed E-state index contributed by atoms with van der Waals surface area (Å²) in [6.45, 7) is 8.45. The van der Waals surface area contributed by atoms with Crippen molar-refractivity contribution < 1.29 is 17.7 Å². The van der Waals surface area contributed by atoms with Gasteiger partial charge < -0.3 is 19.5 Å². The SMILES string of the molecule is CN=C(NCCc1nc(C)no1)N1CCN(S(=O)(=O)CCOC(C)C)CC1.I. The maximum atomic E-state index is 12.4. The summed E-state index contributed by atoms with van der Waals surface area (Å²) in [4.78, 5) is 10.5. The van der Waals surface area contributed by atoms with E-state index < -0.39 is 10.0 Å². The van der Waals surface area contributed by atoms with E-state index in [9.17, 15) is 8.42 Å². The molecule has 2 heterocycles. The van der Waals surface area contributed by atoms with Crippen LogP contribution in [-0.2, 0) is 21.2 Å². The van der Waals surface area contributed by atoms with E-state index in [-0.39, 0.29) is 42.4 Å². The van der Waals surface area contributed by atoms with Crippen LogP contribution in [0.2, 0.25) is 0 Å². The summed E-state index contributed by atoms with van der Waals surface area (Å²) < 4.78 is 36.8. The van der Waals surface area contributed by atoms with Crippen LogP contribution in [-0.4, -0.2) is 92.0 Å². The van der Waals surface area contributed by atoms with Gasteiger partial charge in [0.2, 0.25) is 15.9 Å². The van der Waals surface area contributed by atoms with Gasteiger partial charge in [0.1, 0.15) is 0 Å². The highest BCUT2D eigenvalue weighted by atomic mass is 127. The molecule has 2 rings (SSSR count). The third-order valence-electron chi connectivity index (χ3n) is 4.13. The second-order valence-corrected chi connectivity index (χ2v) is 8.67. The minimum Gasteiger partial charge on any atom is -0.378 e. The topological polar surface area (TPSA) is 113 Å². The Labute approximate surface area is 184 Å². The molecule has 12 heteroatoms. The van der Waals surface area contributed by atoms with Crippen molar-refractivity contribution in [3.63, 3.8) is 0 Å². The van der Waals surface area contributed by atoms with Crippen molar-refractivity contribution in [3.05, 3.63) is 11.7 Å². The highest BCUT2D eigenvalue weighted by Crippen LogP contribution is 2.09. The van der Waals surface area contributed by atoms with E-state index >= 15 is 0 Å². The molecule has 0 saturated carbocycles. The van der Waals surface area contributed by atoms with Crippen LogP contribution in [0.15, 0.2) is 9.52 Å². The van der Waals surface area contributed by atoms with Gasteiger partial charge in [-0.3, -0.25) is 4.99 Å². The van der Waals surface area contributed by atoms with Gasteiger partial charge in [-0.1, -0.05) is 5.16 Å². The van der Waals surface area contributed by atoms with Crippen molar-refractivity contribution >= 4 is 40.0 Å². The van der Waals surface area contributed by atoms with Gasteiger partial charge in [-0.15, -0.1) is 24.0 Å². The van der Waals surface area contributed by atoms with Gasteiger partial charge in [0.25, 0.3) is 0 Å². The van der Waals surface area contributed by atoms with Gasteiger partial charge in [0.05, 0.1) is 18.5 Å². The molecule has 1 aliphatic heterocycles. The van der Waals surface area contributed by atoms with Crippen molar-refractivity contribution in [2.45, 2.75) is 33.3 Å². The molecule has 10 nitrogen and oxygen atoms in total. The fourth-order valence-electron chi connectivity index (χ4n) is 2.75. The molecule has 162 valence electrons. The number of rotatable bonds is 8. The number of nitrogens with one attached hydrogen (secondary N) is 1. The highest BCUT2D eigenvalue weighted by Gasteiger charge is 2.28. The number of piperazine rings is 1. The molecular weight excluding hydrogens is 499 g/mol. The third-order valence-corrected chi connectivity index (χ3v) is 5.96. The Morgan fingerprint density at radius 1 is 1.32 bits per heavy atom. The molecule has 1 saturated heterocycles. The first-order valence-corrected chi connectivity index (χ1v) is 10.8. The Hall–Kier alpha value is -0.990. The lowest BCUT2D eigenvalue weighted by atomic mass is 10.3. The van der Waals surface area contributed by atoms with Crippen molar-refractivity contribution in [2.75, 3.05) is 52.1 Å². The molecule has 0 amide bonds. The van der Waals surface area contributed by atoms with Crippen LogP contribution in [0.25, 0.3) is 0 Å². The quantitative estimate of drug-likeness (QED) is 0.294. The van der Waals surface area contributed by atoms with E-state index in [1.165, 1.54) is 4.31 Å². The molecule has 0 spiro atoms.